The molecule has 15 heavy (non-hydrogen) atoms. The van der Waals surface area contributed by atoms with E-state index in [1.807, 2.05) is 26.8 Å². The van der Waals surface area contributed by atoms with E-state index in [1.54, 1.807) is 11.8 Å². The SMILES string of the molecule is CC1CN(C(=O)C(C)C#N)CC(C)(C)O1. The maximum Gasteiger partial charge on any atom is 0.239 e. The van der Waals surface area contributed by atoms with Crippen LogP contribution >= 0.6 is 0 Å². The zero-order chi connectivity index (χ0) is 11.6. The van der Waals surface area contributed by atoms with Crippen molar-refractivity contribution in [3.63, 3.8) is 0 Å². The van der Waals surface area contributed by atoms with Crippen molar-refractivity contribution in [2.24, 2.45) is 5.92 Å². The van der Waals surface area contributed by atoms with Crippen molar-refractivity contribution in [1.82, 2.24) is 4.90 Å². The molecule has 0 aromatic carbocycles. The number of amides is 1. The van der Waals surface area contributed by atoms with Crippen LogP contribution in [0.2, 0.25) is 0 Å². The second-order valence-corrected chi connectivity index (χ2v) is 4.76. The maximum atomic E-state index is 11.8. The standard InChI is InChI=1S/C11H18N2O2/c1-8(5-12)10(14)13-6-9(2)15-11(3,4)7-13/h8-9H,6-7H2,1-4H3. The van der Waals surface area contributed by atoms with Crippen molar-refractivity contribution in [3.8, 4) is 6.07 Å². The van der Waals surface area contributed by atoms with Crippen LogP contribution < -0.4 is 0 Å². The van der Waals surface area contributed by atoms with E-state index in [2.05, 4.69) is 0 Å². The molecule has 0 N–H and O–H groups in total. The highest BCUT2D eigenvalue weighted by atomic mass is 16.5. The summed E-state index contributed by atoms with van der Waals surface area (Å²) < 4.78 is 5.69. The molecule has 0 saturated carbocycles. The van der Waals surface area contributed by atoms with Crippen molar-refractivity contribution in [2.45, 2.75) is 39.4 Å². The molecule has 84 valence electrons. The molecule has 0 aromatic rings. The molecule has 1 aliphatic rings. The summed E-state index contributed by atoms with van der Waals surface area (Å²) in [5, 5.41) is 8.70. The third kappa shape index (κ3) is 2.93. The van der Waals surface area contributed by atoms with Gasteiger partial charge < -0.3 is 9.64 Å². The summed E-state index contributed by atoms with van der Waals surface area (Å²) in [6, 6.07) is 1.97. The van der Waals surface area contributed by atoms with Gasteiger partial charge in [0.25, 0.3) is 0 Å². The number of ether oxygens (including phenoxy) is 1. The molecule has 4 nitrogen and oxygen atoms in total. The van der Waals surface area contributed by atoms with E-state index in [9.17, 15) is 4.79 Å². The van der Waals surface area contributed by atoms with Crippen LogP contribution in [0.1, 0.15) is 27.7 Å². The minimum absolute atomic E-state index is 0.0311. The number of rotatable bonds is 1. The summed E-state index contributed by atoms with van der Waals surface area (Å²) in [6.45, 7) is 8.63. The molecule has 0 aliphatic carbocycles. The summed E-state index contributed by atoms with van der Waals surface area (Å²) in [7, 11) is 0. The monoisotopic (exact) mass is 210 g/mol. The summed E-state index contributed by atoms with van der Waals surface area (Å²) >= 11 is 0. The Labute approximate surface area is 90.8 Å². The number of hydrogen-bond acceptors (Lipinski definition) is 3. The third-order valence-corrected chi connectivity index (χ3v) is 2.45. The van der Waals surface area contributed by atoms with Gasteiger partial charge in [-0.05, 0) is 27.7 Å². The number of carbonyl (C=O) groups is 1. The lowest BCUT2D eigenvalue weighted by molar-refractivity contribution is -0.159. The molecule has 1 amide bonds. The van der Waals surface area contributed by atoms with Crippen LogP contribution in [-0.4, -0.2) is 35.6 Å². The van der Waals surface area contributed by atoms with Gasteiger partial charge in [0.15, 0.2) is 0 Å². The molecule has 1 saturated heterocycles. The van der Waals surface area contributed by atoms with E-state index in [0.717, 1.165) is 0 Å². The molecule has 4 heteroatoms. The Morgan fingerprint density at radius 1 is 1.67 bits per heavy atom. The minimum atomic E-state index is -0.564. The zero-order valence-electron chi connectivity index (χ0n) is 9.78. The minimum Gasteiger partial charge on any atom is -0.369 e. The molecule has 0 aromatic heterocycles. The highest BCUT2D eigenvalue weighted by molar-refractivity contribution is 5.81. The van der Waals surface area contributed by atoms with Gasteiger partial charge in [0.05, 0.1) is 17.8 Å². The van der Waals surface area contributed by atoms with Crippen LogP contribution in [0.4, 0.5) is 0 Å². The predicted octanol–water partition coefficient (Wildman–Crippen LogP) is 1.17. The van der Waals surface area contributed by atoms with Gasteiger partial charge >= 0.3 is 0 Å². The first-order chi connectivity index (χ1) is 6.85. The van der Waals surface area contributed by atoms with E-state index in [0.29, 0.717) is 13.1 Å². The first-order valence-corrected chi connectivity index (χ1v) is 5.22. The first-order valence-electron chi connectivity index (χ1n) is 5.22. The summed E-state index contributed by atoms with van der Waals surface area (Å²) in [5.74, 6) is -0.660. The lowest BCUT2D eigenvalue weighted by Crippen LogP contribution is -2.54. The zero-order valence-corrected chi connectivity index (χ0v) is 9.78. The normalized spacial score (nSPS) is 26.9. The second-order valence-electron chi connectivity index (χ2n) is 4.76. The predicted molar refractivity (Wildman–Crippen MR) is 56.0 cm³/mol. The Bertz CT molecular complexity index is 293. The second kappa shape index (κ2) is 4.19. The fourth-order valence-corrected chi connectivity index (χ4v) is 1.95. The van der Waals surface area contributed by atoms with Crippen LogP contribution in [0.25, 0.3) is 0 Å². The van der Waals surface area contributed by atoms with Crippen LogP contribution in [0.3, 0.4) is 0 Å². The van der Waals surface area contributed by atoms with Gasteiger partial charge in [-0.1, -0.05) is 0 Å². The van der Waals surface area contributed by atoms with E-state index < -0.39 is 5.92 Å². The Morgan fingerprint density at radius 3 is 2.73 bits per heavy atom. The summed E-state index contributed by atoms with van der Waals surface area (Å²) in [4.78, 5) is 13.5. The van der Waals surface area contributed by atoms with Gasteiger partial charge in [0.1, 0.15) is 5.92 Å². The van der Waals surface area contributed by atoms with Crippen molar-refractivity contribution in [2.75, 3.05) is 13.1 Å². The summed E-state index contributed by atoms with van der Waals surface area (Å²) in [5.41, 5.74) is -0.317. The Hall–Kier alpha value is -1.08. The Balaban J connectivity index is 2.71. The average Bonchev–Trinajstić information content (AvgIpc) is 2.12. The number of morpholine rings is 1. The lowest BCUT2D eigenvalue weighted by atomic mass is 10.0. The van der Waals surface area contributed by atoms with Gasteiger partial charge in [-0.15, -0.1) is 0 Å². The molecule has 2 unspecified atom stereocenters. The fourth-order valence-electron chi connectivity index (χ4n) is 1.95. The molecule has 1 rings (SSSR count). The molecular formula is C11H18N2O2. The molecule has 0 bridgehead atoms. The Morgan fingerprint density at radius 2 is 2.27 bits per heavy atom. The van der Waals surface area contributed by atoms with Gasteiger partial charge in [-0.2, -0.15) is 5.26 Å². The number of nitriles is 1. The van der Waals surface area contributed by atoms with Crippen LogP contribution in [-0.2, 0) is 9.53 Å². The summed E-state index contributed by atoms with van der Waals surface area (Å²) in [6.07, 6.45) is 0.0311. The van der Waals surface area contributed by atoms with Crippen LogP contribution in [0.5, 0.6) is 0 Å². The topological polar surface area (TPSA) is 53.3 Å². The molecular weight excluding hydrogens is 192 g/mol. The maximum absolute atomic E-state index is 11.8. The van der Waals surface area contributed by atoms with E-state index in [4.69, 9.17) is 10.00 Å². The smallest absolute Gasteiger partial charge is 0.239 e. The number of carbonyl (C=O) groups excluding carboxylic acids is 1. The van der Waals surface area contributed by atoms with Gasteiger partial charge in [-0.25, -0.2) is 0 Å². The van der Waals surface area contributed by atoms with Gasteiger partial charge in [0, 0.05) is 13.1 Å². The van der Waals surface area contributed by atoms with Crippen molar-refractivity contribution in [1.29, 1.82) is 5.26 Å². The third-order valence-electron chi connectivity index (χ3n) is 2.45. The quantitative estimate of drug-likeness (QED) is 0.653. The molecule has 1 fully saturated rings. The number of nitrogens with zero attached hydrogens (tertiary/aromatic N) is 2. The molecule has 1 aliphatic heterocycles. The van der Waals surface area contributed by atoms with E-state index in [-0.39, 0.29) is 17.6 Å². The molecule has 1 heterocycles. The van der Waals surface area contributed by atoms with Crippen molar-refractivity contribution < 1.29 is 9.53 Å². The van der Waals surface area contributed by atoms with E-state index >= 15 is 0 Å². The van der Waals surface area contributed by atoms with Gasteiger partial charge in [-0.3, -0.25) is 4.79 Å². The first kappa shape index (κ1) is 12.0. The molecule has 0 radical (unpaired) electrons. The van der Waals surface area contributed by atoms with Crippen LogP contribution in [0, 0.1) is 17.2 Å². The lowest BCUT2D eigenvalue weighted by Gasteiger charge is -2.42. The van der Waals surface area contributed by atoms with Crippen molar-refractivity contribution >= 4 is 5.91 Å². The van der Waals surface area contributed by atoms with Crippen molar-refractivity contribution in [3.05, 3.63) is 0 Å². The highest BCUT2D eigenvalue weighted by Gasteiger charge is 2.34. The average molecular weight is 210 g/mol. The fraction of sp³-hybridized carbons (Fsp3) is 0.818. The van der Waals surface area contributed by atoms with E-state index in [1.165, 1.54) is 0 Å². The number of hydrogen-bond donors (Lipinski definition) is 0. The molecule has 2 atom stereocenters. The Kier molecular flexibility index (Phi) is 3.35. The van der Waals surface area contributed by atoms with Crippen LogP contribution in [0.15, 0.2) is 0 Å². The highest BCUT2D eigenvalue weighted by Crippen LogP contribution is 2.21. The van der Waals surface area contributed by atoms with Gasteiger partial charge in [0.2, 0.25) is 5.91 Å². The molecule has 0 spiro atoms. The largest absolute Gasteiger partial charge is 0.369 e.